The van der Waals surface area contributed by atoms with E-state index >= 15 is 4.39 Å². The molecule has 6 nitrogen and oxygen atoms in total. The Kier molecular flexibility index (Phi) is 4.13. The fourth-order valence-corrected chi connectivity index (χ4v) is 6.85. The van der Waals surface area contributed by atoms with Gasteiger partial charge in [-0.3, -0.25) is 9.59 Å². The third-order valence-electron chi connectivity index (χ3n) is 8.43. The van der Waals surface area contributed by atoms with Crippen LogP contribution >= 0.6 is 0 Å². The molecule has 0 unspecified atom stereocenters. The van der Waals surface area contributed by atoms with E-state index in [2.05, 4.69) is 0 Å². The van der Waals surface area contributed by atoms with Crippen molar-refractivity contribution in [3.05, 3.63) is 23.8 Å². The molecule has 0 bridgehead atoms. The van der Waals surface area contributed by atoms with Gasteiger partial charge in [-0.2, -0.15) is 0 Å². The number of halogens is 1. The Balaban J connectivity index is 1.84. The van der Waals surface area contributed by atoms with Gasteiger partial charge < -0.3 is 20.4 Å². The van der Waals surface area contributed by atoms with Crippen molar-refractivity contribution in [3.63, 3.8) is 0 Å². The van der Waals surface area contributed by atoms with Gasteiger partial charge in [-0.1, -0.05) is 18.6 Å². The van der Waals surface area contributed by atoms with E-state index in [1.165, 1.54) is 18.2 Å². The maximum Gasteiger partial charge on any atom is 0.192 e. The van der Waals surface area contributed by atoms with Crippen molar-refractivity contribution < 1.29 is 34.4 Å². The molecule has 154 valence electrons. The second-order valence-corrected chi connectivity index (χ2v) is 9.36. The molecule has 0 heterocycles. The number of allylic oxidation sites excluding steroid dienone is 4. The third kappa shape index (κ3) is 2.01. The molecule has 0 aromatic rings. The summed E-state index contributed by atoms with van der Waals surface area (Å²) in [4.78, 5) is 24.2. The zero-order chi connectivity index (χ0) is 20.7. The van der Waals surface area contributed by atoms with Gasteiger partial charge in [0.25, 0.3) is 0 Å². The van der Waals surface area contributed by atoms with E-state index in [0.29, 0.717) is 18.4 Å². The minimum Gasteiger partial charge on any atom is -0.390 e. The highest BCUT2D eigenvalue weighted by molar-refractivity contribution is 6.01. The van der Waals surface area contributed by atoms with E-state index in [1.54, 1.807) is 13.8 Å². The fraction of sp³-hybridized carbons (Fsp3) is 0.714. The van der Waals surface area contributed by atoms with Gasteiger partial charge in [0.1, 0.15) is 6.61 Å². The number of carbonyl (C=O) groups excluding carboxylic acids is 2. The van der Waals surface area contributed by atoms with E-state index in [1.807, 2.05) is 0 Å². The molecule has 4 rings (SSSR count). The molecule has 4 aliphatic carbocycles. The maximum atomic E-state index is 16.8. The summed E-state index contributed by atoms with van der Waals surface area (Å²) in [7, 11) is 0. The molecule has 0 spiro atoms. The Bertz CT molecular complexity index is 807. The van der Waals surface area contributed by atoms with Crippen LogP contribution in [0.1, 0.15) is 39.5 Å². The largest absolute Gasteiger partial charge is 0.390 e. The zero-order valence-corrected chi connectivity index (χ0v) is 16.1. The van der Waals surface area contributed by atoms with Crippen LogP contribution in [0.4, 0.5) is 4.39 Å². The van der Waals surface area contributed by atoms with Crippen molar-refractivity contribution in [3.8, 4) is 0 Å². The molecule has 4 N–H and O–H groups in total. The van der Waals surface area contributed by atoms with E-state index in [0.717, 1.165) is 0 Å². The lowest BCUT2D eigenvalue weighted by atomic mass is 9.44. The molecule has 28 heavy (non-hydrogen) atoms. The number of carbonyl (C=O) groups is 2. The number of ketones is 2. The van der Waals surface area contributed by atoms with Crippen molar-refractivity contribution >= 4 is 11.6 Å². The molecule has 0 aliphatic heterocycles. The van der Waals surface area contributed by atoms with Gasteiger partial charge in [-0.05, 0) is 50.7 Å². The van der Waals surface area contributed by atoms with Gasteiger partial charge >= 0.3 is 0 Å². The van der Waals surface area contributed by atoms with Crippen LogP contribution < -0.4 is 0 Å². The van der Waals surface area contributed by atoms with Crippen molar-refractivity contribution in [2.75, 3.05) is 6.61 Å². The van der Waals surface area contributed by atoms with Crippen LogP contribution in [-0.2, 0) is 9.59 Å². The van der Waals surface area contributed by atoms with Crippen molar-refractivity contribution in [2.24, 2.45) is 22.7 Å². The van der Waals surface area contributed by atoms with Crippen molar-refractivity contribution in [1.29, 1.82) is 0 Å². The fourth-order valence-electron chi connectivity index (χ4n) is 6.85. The Morgan fingerprint density at radius 1 is 1.25 bits per heavy atom. The first-order valence-electron chi connectivity index (χ1n) is 9.82. The lowest BCUT2D eigenvalue weighted by molar-refractivity contribution is -0.222. The van der Waals surface area contributed by atoms with Gasteiger partial charge in [-0.25, -0.2) is 4.39 Å². The molecule has 0 saturated heterocycles. The predicted molar refractivity (Wildman–Crippen MR) is 96.8 cm³/mol. The number of rotatable bonds is 2. The smallest absolute Gasteiger partial charge is 0.192 e. The SMILES string of the molecule is C[C@]12C=CC(=O)C=C1CC[C@@H]1[C@H]3C[C@@H](O)[C@](O)(C(=O)CO)[C@]3(C)C[C@H](O)[C@]12F. The minimum atomic E-state index is -2.23. The average molecular weight is 394 g/mol. The normalized spacial score (nSPS) is 52.5. The molecular formula is C21H27FO6. The topological polar surface area (TPSA) is 115 Å². The van der Waals surface area contributed by atoms with E-state index in [4.69, 9.17) is 0 Å². The number of aliphatic hydroxyl groups is 4. The van der Waals surface area contributed by atoms with E-state index in [9.17, 15) is 30.0 Å². The summed E-state index contributed by atoms with van der Waals surface area (Å²) in [6.07, 6.45) is 1.93. The molecule has 3 saturated carbocycles. The van der Waals surface area contributed by atoms with Gasteiger partial charge in [0.2, 0.25) is 0 Å². The van der Waals surface area contributed by atoms with Crippen LogP contribution in [0.2, 0.25) is 0 Å². The molecule has 8 atom stereocenters. The monoisotopic (exact) mass is 394 g/mol. The predicted octanol–water partition coefficient (Wildman–Crippen LogP) is 0.620. The lowest BCUT2D eigenvalue weighted by Gasteiger charge is -2.62. The van der Waals surface area contributed by atoms with Crippen LogP contribution in [0.15, 0.2) is 23.8 Å². The number of fused-ring (bicyclic) bond motifs is 5. The molecule has 3 fully saturated rings. The Labute approximate surface area is 162 Å². The summed E-state index contributed by atoms with van der Waals surface area (Å²) >= 11 is 0. The van der Waals surface area contributed by atoms with Crippen molar-refractivity contribution in [1.82, 2.24) is 0 Å². The summed E-state index contributed by atoms with van der Waals surface area (Å²) in [5, 5.41) is 42.1. The summed E-state index contributed by atoms with van der Waals surface area (Å²) < 4.78 is 16.8. The zero-order valence-electron chi connectivity index (χ0n) is 16.1. The van der Waals surface area contributed by atoms with Crippen LogP contribution in [0.3, 0.4) is 0 Å². The number of aliphatic hydroxyl groups excluding tert-OH is 3. The quantitative estimate of drug-likeness (QED) is 0.546. The first kappa shape index (κ1) is 19.9. The summed E-state index contributed by atoms with van der Waals surface area (Å²) in [6, 6.07) is 0. The molecule has 0 aromatic carbocycles. The minimum absolute atomic E-state index is 0.0135. The highest BCUT2D eigenvalue weighted by Crippen LogP contribution is 2.69. The maximum absolute atomic E-state index is 16.8. The number of hydrogen-bond donors (Lipinski definition) is 4. The Hall–Kier alpha value is -1.41. The van der Waals surface area contributed by atoms with Gasteiger partial charge in [0.05, 0.1) is 12.2 Å². The van der Waals surface area contributed by atoms with Crippen LogP contribution in [0.25, 0.3) is 0 Å². The second kappa shape index (κ2) is 5.81. The van der Waals surface area contributed by atoms with Crippen LogP contribution in [-0.4, -0.2) is 62.1 Å². The molecule has 0 amide bonds. The van der Waals surface area contributed by atoms with Crippen LogP contribution in [0.5, 0.6) is 0 Å². The number of Topliss-reactive ketones (excluding diaryl/α,β-unsaturated/α-hetero) is 1. The second-order valence-electron chi connectivity index (χ2n) is 9.36. The first-order valence-corrected chi connectivity index (χ1v) is 9.82. The van der Waals surface area contributed by atoms with Gasteiger partial charge in [0, 0.05) is 16.7 Å². The molecule has 7 heteroatoms. The summed E-state index contributed by atoms with van der Waals surface area (Å²) in [5.74, 6) is -2.38. The molecular weight excluding hydrogens is 367 g/mol. The first-order chi connectivity index (χ1) is 13.0. The van der Waals surface area contributed by atoms with E-state index in [-0.39, 0.29) is 18.6 Å². The lowest BCUT2D eigenvalue weighted by Crippen LogP contribution is -2.69. The highest BCUT2D eigenvalue weighted by Gasteiger charge is 2.76. The van der Waals surface area contributed by atoms with Crippen molar-refractivity contribution in [2.45, 2.75) is 63.0 Å². The summed E-state index contributed by atoms with van der Waals surface area (Å²) in [6.45, 7) is 2.33. The molecule has 0 aromatic heterocycles. The molecule has 4 aliphatic rings. The number of hydrogen-bond acceptors (Lipinski definition) is 6. The van der Waals surface area contributed by atoms with Gasteiger partial charge in [0.15, 0.2) is 22.8 Å². The van der Waals surface area contributed by atoms with Crippen LogP contribution in [0, 0.1) is 22.7 Å². The third-order valence-corrected chi connectivity index (χ3v) is 8.43. The van der Waals surface area contributed by atoms with Gasteiger partial charge in [-0.15, -0.1) is 0 Å². The highest BCUT2D eigenvalue weighted by atomic mass is 19.1. The Morgan fingerprint density at radius 2 is 1.93 bits per heavy atom. The molecule has 0 radical (unpaired) electrons. The number of alkyl halides is 1. The summed E-state index contributed by atoms with van der Waals surface area (Å²) in [5.41, 5.74) is -6.12. The standard InChI is InChI=1S/C21H27FO6/c1-18-6-5-12(24)7-11(18)3-4-13-14-8-15(25)21(28,17(27)10-23)19(14,2)9-16(26)20(13,18)22/h5-7,13-16,23,25-26,28H,3-4,8-10H2,1-2H3/t13-,14-,15-,16+,18+,19-,20-,21+/m1/s1. The van der Waals surface area contributed by atoms with E-state index < -0.39 is 58.5 Å². The Morgan fingerprint density at radius 3 is 2.57 bits per heavy atom. The average Bonchev–Trinajstić information content (AvgIpc) is 2.84.